The third kappa shape index (κ3) is 6.91. The van der Waals surface area contributed by atoms with E-state index in [1.807, 2.05) is 11.8 Å². The average molecular weight is 193 g/mol. The topological polar surface area (TPSA) is 41.5 Å². The lowest BCUT2D eigenvalue weighted by atomic mass is 10.3. The first-order valence-electron chi connectivity index (χ1n) is 4.17. The molecule has 74 valence electrons. The monoisotopic (exact) mass is 193 g/mol. The zero-order chi connectivity index (χ0) is 9.23. The van der Waals surface area contributed by atoms with Gasteiger partial charge in [0.05, 0.1) is 19.3 Å². The Morgan fingerprint density at radius 2 is 2.33 bits per heavy atom. The van der Waals surface area contributed by atoms with Gasteiger partial charge in [0.1, 0.15) is 0 Å². The Bertz CT molecular complexity index is 93.1. The number of aliphatic hydroxyl groups is 1. The molecule has 3 nitrogen and oxygen atoms in total. The molecule has 2 N–H and O–H groups in total. The third-order valence-corrected chi connectivity index (χ3v) is 2.24. The van der Waals surface area contributed by atoms with Gasteiger partial charge in [-0.2, -0.15) is 11.8 Å². The number of rotatable bonds is 8. The summed E-state index contributed by atoms with van der Waals surface area (Å²) in [6.45, 7) is 1.68. The molecule has 1 atom stereocenters. The van der Waals surface area contributed by atoms with Gasteiger partial charge < -0.3 is 15.2 Å². The van der Waals surface area contributed by atoms with Gasteiger partial charge in [0, 0.05) is 7.11 Å². The second-order valence-corrected chi connectivity index (χ2v) is 3.62. The second-order valence-electron chi connectivity index (χ2n) is 2.64. The molecule has 0 bridgehead atoms. The van der Waals surface area contributed by atoms with E-state index in [9.17, 15) is 0 Å². The normalized spacial score (nSPS) is 13.2. The van der Waals surface area contributed by atoms with Gasteiger partial charge in [0.2, 0.25) is 0 Å². The van der Waals surface area contributed by atoms with Gasteiger partial charge in [-0.1, -0.05) is 0 Å². The van der Waals surface area contributed by atoms with Crippen LogP contribution in [0.15, 0.2) is 0 Å². The Labute approximate surface area is 78.9 Å². The maximum atomic E-state index is 8.87. The SMILES string of the molecule is COCC(CO)NCCCSC. The average Bonchev–Trinajstić information content (AvgIpc) is 2.10. The zero-order valence-electron chi connectivity index (χ0n) is 7.88. The lowest BCUT2D eigenvalue weighted by Gasteiger charge is -2.14. The smallest absolute Gasteiger partial charge is 0.0638 e. The van der Waals surface area contributed by atoms with Crippen molar-refractivity contribution in [3.05, 3.63) is 0 Å². The van der Waals surface area contributed by atoms with Crippen molar-refractivity contribution in [1.82, 2.24) is 5.32 Å². The molecule has 0 radical (unpaired) electrons. The number of ether oxygens (including phenoxy) is 1. The van der Waals surface area contributed by atoms with Crippen LogP contribution in [0, 0.1) is 0 Å². The van der Waals surface area contributed by atoms with Gasteiger partial charge >= 0.3 is 0 Å². The molecule has 0 aliphatic rings. The van der Waals surface area contributed by atoms with Crippen LogP contribution in [0.2, 0.25) is 0 Å². The van der Waals surface area contributed by atoms with E-state index in [1.54, 1.807) is 7.11 Å². The second kappa shape index (κ2) is 9.32. The molecule has 1 unspecified atom stereocenters. The lowest BCUT2D eigenvalue weighted by molar-refractivity contribution is 0.129. The summed E-state index contributed by atoms with van der Waals surface area (Å²) in [6, 6.07) is 0.0943. The van der Waals surface area contributed by atoms with E-state index in [4.69, 9.17) is 9.84 Å². The van der Waals surface area contributed by atoms with Gasteiger partial charge in [0.15, 0.2) is 0 Å². The van der Waals surface area contributed by atoms with E-state index in [2.05, 4.69) is 11.6 Å². The Kier molecular flexibility index (Phi) is 9.50. The van der Waals surface area contributed by atoms with Crippen molar-refractivity contribution in [2.24, 2.45) is 0 Å². The van der Waals surface area contributed by atoms with E-state index in [1.165, 1.54) is 0 Å². The van der Waals surface area contributed by atoms with Gasteiger partial charge in [-0.3, -0.25) is 0 Å². The molecule has 0 amide bonds. The molecule has 0 fully saturated rings. The van der Waals surface area contributed by atoms with E-state index in [0.29, 0.717) is 6.61 Å². The predicted molar refractivity (Wildman–Crippen MR) is 53.8 cm³/mol. The highest BCUT2D eigenvalue weighted by atomic mass is 32.2. The molecule has 0 saturated heterocycles. The van der Waals surface area contributed by atoms with Crippen molar-refractivity contribution in [2.75, 3.05) is 38.9 Å². The Morgan fingerprint density at radius 1 is 1.58 bits per heavy atom. The Balaban J connectivity index is 3.19. The minimum absolute atomic E-state index is 0.0943. The zero-order valence-corrected chi connectivity index (χ0v) is 8.69. The van der Waals surface area contributed by atoms with Gasteiger partial charge in [-0.05, 0) is 25.0 Å². The summed E-state index contributed by atoms with van der Waals surface area (Å²) in [7, 11) is 1.65. The highest BCUT2D eigenvalue weighted by molar-refractivity contribution is 7.98. The molecule has 0 aliphatic heterocycles. The van der Waals surface area contributed by atoms with E-state index < -0.39 is 0 Å². The van der Waals surface area contributed by atoms with Gasteiger partial charge in [-0.15, -0.1) is 0 Å². The number of hydrogen-bond donors (Lipinski definition) is 2. The number of nitrogens with one attached hydrogen (secondary N) is 1. The fourth-order valence-corrected chi connectivity index (χ4v) is 1.33. The van der Waals surface area contributed by atoms with Crippen molar-refractivity contribution < 1.29 is 9.84 Å². The lowest BCUT2D eigenvalue weighted by Crippen LogP contribution is -2.37. The van der Waals surface area contributed by atoms with Crippen molar-refractivity contribution in [1.29, 1.82) is 0 Å². The summed E-state index contributed by atoms with van der Waals surface area (Å²) in [4.78, 5) is 0. The fourth-order valence-electron chi connectivity index (χ4n) is 0.900. The molecule has 4 heteroatoms. The van der Waals surface area contributed by atoms with Crippen molar-refractivity contribution in [3.63, 3.8) is 0 Å². The largest absolute Gasteiger partial charge is 0.395 e. The summed E-state index contributed by atoms with van der Waals surface area (Å²) in [5.74, 6) is 1.16. The summed E-state index contributed by atoms with van der Waals surface area (Å²) in [5.41, 5.74) is 0. The predicted octanol–water partition coefficient (Wildman–Crippen LogP) is 0.336. The molecule has 12 heavy (non-hydrogen) atoms. The minimum Gasteiger partial charge on any atom is -0.395 e. The molecule has 0 spiro atoms. The number of hydrogen-bond acceptors (Lipinski definition) is 4. The van der Waals surface area contributed by atoms with Crippen LogP contribution in [-0.4, -0.2) is 50.0 Å². The third-order valence-electron chi connectivity index (χ3n) is 1.55. The Morgan fingerprint density at radius 3 is 2.83 bits per heavy atom. The van der Waals surface area contributed by atoms with Crippen LogP contribution in [0.3, 0.4) is 0 Å². The molecule has 0 aromatic carbocycles. The molecule has 0 aliphatic carbocycles. The summed E-state index contributed by atoms with van der Waals surface area (Å²) in [5, 5.41) is 12.1. The molecule has 0 saturated carbocycles. The first-order chi connectivity index (χ1) is 5.85. The van der Waals surface area contributed by atoms with Crippen molar-refractivity contribution in [3.8, 4) is 0 Å². The van der Waals surface area contributed by atoms with Crippen LogP contribution in [0.5, 0.6) is 0 Å². The van der Waals surface area contributed by atoms with Crippen LogP contribution in [0.4, 0.5) is 0 Å². The summed E-state index contributed by atoms with van der Waals surface area (Å²) >= 11 is 1.84. The first kappa shape index (κ1) is 12.2. The maximum Gasteiger partial charge on any atom is 0.0638 e. The van der Waals surface area contributed by atoms with Crippen molar-refractivity contribution >= 4 is 11.8 Å². The van der Waals surface area contributed by atoms with E-state index in [-0.39, 0.29) is 12.6 Å². The molecule has 0 rings (SSSR count). The van der Waals surface area contributed by atoms with Crippen LogP contribution in [0.1, 0.15) is 6.42 Å². The van der Waals surface area contributed by atoms with E-state index >= 15 is 0 Å². The highest BCUT2D eigenvalue weighted by Gasteiger charge is 2.03. The fraction of sp³-hybridized carbons (Fsp3) is 1.00. The standard InChI is InChI=1S/C8H19NO2S/c1-11-7-8(6-10)9-4-3-5-12-2/h8-10H,3-7H2,1-2H3. The van der Waals surface area contributed by atoms with Gasteiger partial charge in [-0.25, -0.2) is 0 Å². The van der Waals surface area contributed by atoms with Crippen molar-refractivity contribution in [2.45, 2.75) is 12.5 Å². The Hall–Kier alpha value is 0.230. The van der Waals surface area contributed by atoms with Crippen LogP contribution >= 0.6 is 11.8 Å². The minimum atomic E-state index is 0.0943. The van der Waals surface area contributed by atoms with Crippen LogP contribution < -0.4 is 5.32 Å². The van der Waals surface area contributed by atoms with Crippen LogP contribution in [-0.2, 0) is 4.74 Å². The molecular weight excluding hydrogens is 174 g/mol. The first-order valence-corrected chi connectivity index (χ1v) is 5.56. The molecule has 0 heterocycles. The van der Waals surface area contributed by atoms with Gasteiger partial charge in [0.25, 0.3) is 0 Å². The summed E-state index contributed by atoms with van der Waals surface area (Å²) in [6.07, 6.45) is 3.24. The molecule has 0 aromatic heterocycles. The highest BCUT2D eigenvalue weighted by Crippen LogP contribution is 1.94. The number of thioether (sulfide) groups is 1. The number of methoxy groups -OCH3 is 1. The van der Waals surface area contributed by atoms with Crippen LogP contribution in [0.25, 0.3) is 0 Å². The molecular formula is C8H19NO2S. The van der Waals surface area contributed by atoms with E-state index in [0.717, 1.165) is 18.7 Å². The molecule has 0 aromatic rings. The quantitative estimate of drug-likeness (QED) is 0.545. The maximum absolute atomic E-state index is 8.87. The number of aliphatic hydroxyl groups excluding tert-OH is 1. The summed E-state index contributed by atoms with van der Waals surface area (Å²) < 4.78 is 4.92.